The number of amides is 1. The number of benzene rings is 1. The predicted octanol–water partition coefficient (Wildman–Crippen LogP) is 3.79. The fourth-order valence-electron chi connectivity index (χ4n) is 4.31. The molecule has 0 aliphatic carbocycles. The van der Waals surface area contributed by atoms with Crippen LogP contribution in [0.3, 0.4) is 0 Å². The Labute approximate surface area is 154 Å². The molecule has 26 heavy (non-hydrogen) atoms. The van der Waals surface area contributed by atoms with E-state index in [1.165, 1.54) is 0 Å². The Hall–Kier alpha value is -1.85. The van der Waals surface area contributed by atoms with Crippen molar-refractivity contribution in [3.8, 4) is 0 Å². The third-order valence-corrected chi connectivity index (χ3v) is 5.94. The summed E-state index contributed by atoms with van der Waals surface area (Å²) in [5.74, 6) is 0.498. The van der Waals surface area contributed by atoms with Crippen LogP contribution in [0.1, 0.15) is 42.3 Å². The zero-order valence-corrected chi connectivity index (χ0v) is 15.6. The highest BCUT2D eigenvalue weighted by Crippen LogP contribution is 2.42. The molecule has 1 aromatic heterocycles. The van der Waals surface area contributed by atoms with E-state index in [9.17, 15) is 4.79 Å². The number of hydrogen-bond acceptors (Lipinski definition) is 4. The van der Waals surface area contributed by atoms with Crippen LogP contribution in [0.2, 0.25) is 0 Å². The van der Waals surface area contributed by atoms with Crippen molar-refractivity contribution in [3.05, 3.63) is 35.6 Å². The summed E-state index contributed by atoms with van der Waals surface area (Å²) < 4.78 is 17.3. The van der Waals surface area contributed by atoms with Gasteiger partial charge >= 0.3 is 0 Å². The van der Waals surface area contributed by atoms with Gasteiger partial charge in [0.05, 0.1) is 19.3 Å². The molecular weight excluding hydrogens is 330 g/mol. The number of para-hydroxylation sites is 1. The van der Waals surface area contributed by atoms with Crippen LogP contribution in [-0.4, -0.2) is 49.8 Å². The Morgan fingerprint density at radius 1 is 1.31 bits per heavy atom. The smallest absolute Gasteiger partial charge is 0.289 e. The fourth-order valence-corrected chi connectivity index (χ4v) is 4.31. The Morgan fingerprint density at radius 3 is 2.81 bits per heavy atom. The summed E-state index contributed by atoms with van der Waals surface area (Å²) in [6, 6.07) is 7.83. The quantitative estimate of drug-likeness (QED) is 0.835. The van der Waals surface area contributed by atoms with E-state index in [-0.39, 0.29) is 17.4 Å². The van der Waals surface area contributed by atoms with E-state index in [4.69, 9.17) is 13.9 Å². The number of carbonyl (C=O) groups excluding carboxylic acids is 1. The molecule has 2 aliphatic heterocycles. The van der Waals surface area contributed by atoms with E-state index in [0.717, 1.165) is 62.1 Å². The molecule has 2 fully saturated rings. The number of piperidine rings is 1. The molecule has 5 nitrogen and oxygen atoms in total. The van der Waals surface area contributed by atoms with Gasteiger partial charge in [-0.05, 0) is 44.6 Å². The average molecular weight is 357 g/mol. The van der Waals surface area contributed by atoms with Gasteiger partial charge in [0.15, 0.2) is 5.76 Å². The van der Waals surface area contributed by atoms with Gasteiger partial charge in [0.2, 0.25) is 0 Å². The summed E-state index contributed by atoms with van der Waals surface area (Å²) in [7, 11) is 0. The average Bonchev–Trinajstić information content (AvgIpc) is 3.22. The maximum atomic E-state index is 13.0. The molecule has 0 bridgehead atoms. The van der Waals surface area contributed by atoms with Gasteiger partial charge in [-0.3, -0.25) is 4.79 Å². The van der Waals surface area contributed by atoms with E-state index in [1.54, 1.807) is 0 Å². The zero-order valence-electron chi connectivity index (χ0n) is 15.6. The van der Waals surface area contributed by atoms with Crippen LogP contribution in [0.25, 0.3) is 11.0 Å². The Balaban J connectivity index is 1.41. The van der Waals surface area contributed by atoms with Crippen molar-refractivity contribution in [1.29, 1.82) is 0 Å². The van der Waals surface area contributed by atoms with Gasteiger partial charge in [-0.2, -0.15) is 0 Å². The maximum Gasteiger partial charge on any atom is 0.289 e. The second-order valence-corrected chi connectivity index (χ2v) is 7.64. The SMILES string of the molecule is CCOC[C@H]1CC2(CCN(C(=O)c3oc4ccccc4c3C)CC2)CO1. The summed E-state index contributed by atoms with van der Waals surface area (Å²) in [5.41, 5.74) is 1.93. The number of aryl methyl sites for hydroxylation is 1. The topological polar surface area (TPSA) is 51.9 Å². The molecule has 1 amide bonds. The molecule has 1 aromatic carbocycles. The highest BCUT2D eigenvalue weighted by atomic mass is 16.5. The van der Waals surface area contributed by atoms with Crippen molar-refractivity contribution in [2.45, 2.75) is 39.2 Å². The summed E-state index contributed by atoms with van der Waals surface area (Å²) in [4.78, 5) is 14.9. The number of rotatable bonds is 4. The van der Waals surface area contributed by atoms with Gasteiger partial charge < -0.3 is 18.8 Å². The summed E-state index contributed by atoms with van der Waals surface area (Å²) in [5, 5.41) is 1.02. The first kappa shape index (κ1) is 17.6. The van der Waals surface area contributed by atoms with E-state index < -0.39 is 0 Å². The van der Waals surface area contributed by atoms with Crippen molar-refractivity contribution >= 4 is 16.9 Å². The number of nitrogens with zero attached hydrogens (tertiary/aromatic N) is 1. The molecule has 0 saturated carbocycles. The number of fused-ring (bicyclic) bond motifs is 1. The van der Waals surface area contributed by atoms with E-state index in [2.05, 4.69) is 0 Å². The lowest BCUT2D eigenvalue weighted by molar-refractivity contribution is 0.0158. The highest BCUT2D eigenvalue weighted by molar-refractivity contribution is 5.98. The molecular formula is C21H27NO4. The Morgan fingerprint density at radius 2 is 2.08 bits per heavy atom. The van der Waals surface area contributed by atoms with Gasteiger partial charge in [0.25, 0.3) is 5.91 Å². The molecule has 1 atom stereocenters. The molecule has 0 radical (unpaired) electrons. The van der Waals surface area contributed by atoms with Gasteiger partial charge in [0, 0.05) is 30.6 Å². The summed E-state index contributed by atoms with van der Waals surface area (Å²) in [6.45, 7) is 7.70. The largest absolute Gasteiger partial charge is 0.451 e. The van der Waals surface area contributed by atoms with Crippen molar-refractivity contribution in [1.82, 2.24) is 4.90 Å². The zero-order chi connectivity index (χ0) is 18.1. The molecule has 1 spiro atoms. The van der Waals surface area contributed by atoms with Crippen LogP contribution in [0.15, 0.2) is 28.7 Å². The van der Waals surface area contributed by atoms with E-state index in [1.807, 2.05) is 43.0 Å². The summed E-state index contributed by atoms with van der Waals surface area (Å²) >= 11 is 0. The molecule has 0 unspecified atom stereocenters. The van der Waals surface area contributed by atoms with Crippen LogP contribution < -0.4 is 0 Å². The number of likely N-dealkylation sites (tertiary alicyclic amines) is 1. The first-order valence-corrected chi connectivity index (χ1v) is 9.59. The second-order valence-electron chi connectivity index (χ2n) is 7.64. The van der Waals surface area contributed by atoms with Crippen LogP contribution in [-0.2, 0) is 9.47 Å². The molecule has 0 N–H and O–H groups in total. The molecule has 4 rings (SSSR count). The second kappa shape index (κ2) is 7.05. The van der Waals surface area contributed by atoms with Gasteiger partial charge in [-0.15, -0.1) is 0 Å². The fraction of sp³-hybridized carbons (Fsp3) is 0.571. The van der Waals surface area contributed by atoms with Crippen molar-refractivity contribution in [2.75, 3.05) is 32.9 Å². The lowest BCUT2D eigenvalue weighted by Gasteiger charge is -2.38. The van der Waals surface area contributed by atoms with Crippen molar-refractivity contribution in [3.63, 3.8) is 0 Å². The first-order valence-electron chi connectivity index (χ1n) is 9.59. The van der Waals surface area contributed by atoms with Crippen LogP contribution >= 0.6 is 0 Å². The molecule has 2 aliphatic rings. The first-order chi connectivity index (χ1) is 12.6. The van der Waals surface area contributed by atoms with E-state index in [0.29, 0.717) is 12.4 Å². The highest BCUT2D eigenvalue weighted by Gasteiger charge is 2.43. The predicted molar refractivity (Wildman–Crippen MR) is 99.4 cm³/mol. The van der Waals surface area contributed by atoms with E-state index >= 15 is 0 Å². The molecule has 2 saturated heterocycles. The van der Waals surface area contributed by atoms with Crippen molar-refractivity contribution in [2.24, 2.45) is 5.41 Å². The lowest BCUT2D eigenvalue weighted by Crippen LogP contribution is -2.43. The van der Waals surface area contributed by atoms with Gasteiger partial charge in [-0.25, -0.2) is 0 Å². The third kappa shape index (κ3) is 3.14. The minimum absolute atomic E-state index is 0.0123. The molecule has 3 heterocycles. The lowest BCUT2D eigenvalue weighted by atomic mass is 9.76. The number of hydrogen-bond donors (Lipinski definition) is 0. The van der Waals surface area contributed by atoms with Gasteiger partial charge in [0.1, 0.15) is 5.58 Å². The van der Waals surface area contributed by atoms with Crippen molar-refractivity contribution < 1.29 is 18.7 Å². The standard InChI is InChI=1S/C21H27NO4/c1-3-24-13-16-12-21(14-25-16)8-10-22(11-9-21)20(23)19-15(2)17-6-4-5-7-18(17)26-19/h4-7,16H,3,8-14H2,1-2H3/t16-/m1/s1. The monoisotopic (exact) mass is 357 g/mol. The Kier molecular flexibility index (Phi) is 4.76. The molecule has 2 aromatic rings. The maximum absolute atomic E-state index is 13.0. The number of ether oxygens (including phenoxy) is 2. The minimum Gasteiger partial charge on any atom is -0.451 e. The van der Waals surface area contributed by atoms with Crippen LogP contribution in [0.4, 0.5) is 0 Å². The minimum atomic E-state index is 0.0123. The van der Waals surface area contributed by atoms with Crippen LogP contribution in [0.5, 0.6) is 0 Å². The number of carbonyl (C=O) groups is 1. The van der Waals surface area contributed by atoms with Gasteiger partial charge in [-0.1, -0.05) is 18.2 Å². The summed E-state index contributed by atoms with van der Waals surface area (Å²) in [6.07, 6.45) is 3.22. The third-order valence-electron chi connectivity index (χ3n) is 5.94. The van der Waals surface area contributed by atoms with Crippen LogP contribution in [0, 0.1) is 12.3 Å². The molecule has 140 valence electrons. The Bertz CT molecular complexity index is 788. The molecule has 5 heteroatoms. The number of furan rings is 1. The normalized spacial score (nSPS) is 22.4.